The first-order chi connectivity index (χ1) is 10.8. The number of hydrogen-bond donors (Lipinski definition) is 2. The van der Waals surface area contributed by atoms with Gasteiger partial charge in [0.15, 0.2) is 5.84 Å². The molecule has 2 N–H and O–H groups in total. The summed E-state index contributed by atoms with van der Waals surface area (Å²) in [4.78, 5) is 4.46. The van der Waals surface area contributed by atoms with E-state index < -0.39 is 0 Å². The largest absolute Gasteiger partial charge is 0.431 e. The number of hydrazine groups is 2. The smallest absolute Gasteiger partial charge is 0.279 e. The Morgan fingerprint density at radius 2 is 1.91 bits per heavy atom. The quantitative estimate of drug-likeness (QED) is 0.779. The van der Waals surface area contributed by atoms with E-state index >= 15 is 0 Å². The Morgan fingerprint density at radius 3 is 2.64 bits per heavy atom. The molecular weight excluding hydrogens is 298 g/mol. The van der Waals surface area contributed by atoms with Crippen molar-refractivity contribution < 1.29 is 4.74 Å². The van der Waals surface area contributed by atoms with Crippen LogP contribution in [0, 0.1) is 0 Å². The molecule has 4 rings (SSSR count). The molecule has 0 spiro atoms. The molecule has 1 aromatic heterocycles. The highest BCUT2D eigenvalue weighted by molar-refractivity contribution is 7.20. The van der Waals surface area contributed by atoms with Gasteiger partial charge < -0.3 is 4.74 Å². The summed E-state index contributed by atoms with van der Waals surface area (Å²) < 4.78 is 6.94. The fourth-order valence-corrected chi connectivity index (χ4v) is 2.97. The third-order valence-corrected chi connectivity index (χ3v) is 4.11. The van der Waals surface area contributed by atoms with Gasteiger partial charge in [-0.1, -0.05) is 23.5 Å². The summed E-state index contributed by atoms with van der Waals surface area (Å²) in [6, 6.07) is 15.7. The molecule has 0 atom stereocenters. The monoisotopic (exact) mass is 311 g/mol. The van der Waals surface area contributed by atoms with Crippen LogP contribution in [0.3, 0.4) is 0 Å². The van der Waals surface area contributed by atoms with Gasteiger partial charge in [-0.05, 0) is 36.4 Å². The molecule has 0 saturated heterocycles. The molecule has 0 aliphatic carbocycles. The summed E-state index contributed by atoms with van der Waals surface area (Å²) in [5, 5.41) is 6.49. The van der Waals surface area contributed by atoms with Gasteiger partial charge in [-0.3, -0.25) is 5.43 Å². The van der Waals surface area contributed by atoms with E-state index in [2.05, 4.69) is 21.0 Å². The number of hydrogen-bond acceptors (Lipinski definition) is 7. The third-order valence-electron chi connectivity index (χ3n) is 3.19. The van der Waals surface area contributed by atoms with Gasteiger partial charge in [-0.25, -0.2) is 10.5 Å². The van der Waals surface area contributed by atoms with Crippen molar-refractivity contribution in [3.63, 3.8) is 0 Å². The maximum Gasteiger partial charge on any atom is 0.279 e. The van der Waals surface area contributed by atoms with Crippen LogP contribution in [-0.4, -0.2) is 23.0 Å². The van der Waals surface area contributed by atoms with Gasteiger partial charge >= 0.3 is 0 Å². The van der Waals surface area contributed by atoms with Crippen LogP contribution in [0.4, 0.5) is 0 Å². The number of fused-ring (bicyclic) bond motifs is 1. The van der Waals surface area contributed by atoms with Gasteiger partial charge in [-0.15, -0.1) is 10.2 Å². The van der Waals surface area contributed by atoms with Crippen molar-refractivity contribution in [2.24, 2.45) is 5.10 Å². The van der Waals surface area contributed by atoms with E-state index in [9.17, 15) is 0 Å². The van der Waals surface area contributed by atoms with Crippen LogP contribution in [0.1, 0.15) is 5.56 Å². The maximum atomic E-state index is 5.82. The van der Waals surface area contributed by atoms with E-state index in [0.29, 0.717) is 5.19 Å². The maximum absolute atomic E-state index is 5.82. The summed E-state index contributed by atoms with van der Waals surface area (Å²) in [5.74, 6) is 1.52. The molecule has 0 radical (unpaired) electrons. The molecular formula is C15H13N5OS. The Balaban J connectivity index is 1.53. The molecule has 1 aliphatic rings. The summed E-state index contributed by atoms with van der Waals surface area (Å²) in [5.41, 5.74) is 7.82. The lowest BCUT2D eigenvalue weighted by Gasteiger charge is -2.08. The summed E-state index contributed by atoms with van der Waals surface area (Å²) in [6.45, 7) is 0. The van der Waals surface area contributed by atoms with Crippen molar-refractivity contribution in [2.45, 2.75) is 0 Å². The zero-order valence-electron chi connectivity index (χ0n) is 11.8. The highest BCUT2D eigenvalue weighted by Gasteiger charge is 2.12. The number of nitrogens with zero attached hydrogens (tertiary/aromatic N) is 3. The lowest BCUT2D eigenvalue weighted by molar-refractivity contribution is 0.232. The van der Waals surface area contributed by atoms with E-state index in [0.717, 1.165) is 27.4 Å². The Morgan fingerprint density at radius 1 is 1.09 bits per heavy atom. The number of benzene rings is 2. The van der Waals surface area contributed by atoms with Crippen LogP contribution in [-0.2, 0) is 0 Å². The zero-order valence-corrected chi connectivity index (χ0v) is 12.6. The van der Waals surface area contributed by atoms with Crippen LogP contribution >= 0.6 is 11.3 Å². The van der Waals surface area contributed by atoms with Crippen molar-refractivity contribution in [1.29, 1.82) is 0 Å². The summed E-state index contributed by atoms with van der Waals surface area (Å²) in [7, 11) is 1.85. The van der Waals surface area contributed by atoms with Gasteiger partial charge in [0.2, 0.25) is 0 Å². The van der Waals surface area contributed by atoms with Crippen molar-refractivity contribution >= 4 is 27.4 Å². The lowest BCUT2D eigenvalue weighted by atomic mass is 10.2. The number of hydrazone groups is 1. The molecule has 0 amide bonds. The van der Waals surface area contributed by atoms with Crippen LogP contribution in [0.5, 0.6) is 10.9 Å². The van der Waals surface area contributed by atoms with Crippen LogP contribution in [0.25, 0.3) is 10.2 Å². The van der Waals surface area contributed by atoms with Crippen LogP contribution < -0.4 is 15.7 Å². The minimum absolute atomic E-state index is 0.645. The van der Waals surface area contributed by atoms with Gasteiger partial charge in [0, 0.05) is 12.6 Å². The minimum Gasteiger partial charge on any atom is -0.431 e. The Labute approximate surface area is 131 Å². The predicted octanol–water partition coefficient (Wildman–Crippen LogP) is 2.70. The number of amidine groups is 1. The molecule has 110 valence electrons. The molecule has 6 nitrogen and oxygen atoms in total. The minimum atomic E-state index is 0.645. The Hall–Kier alpha value is -2.64. The first-order valence-corrected chi connectivity index (χ1v) is 7.57. The van der Waals surface area contributed by atoms with E-state index in [1.807, 2.05) is 55.6 Å². The summed E-state index contributed by atoms with van der Waals surface area (Å²) in [6.07, 6.45) is 0. The normalized spacial score (nSPS) is 14.5. The highest BCUT2D eigenvalue weighted by atomic mass is 32.1. The SMILES string of the molecule is CN1NN=C(c2ccc(Oc3nc4ccccc4s3)cc2)N1. The average molecular weight is 311 g/mol. The van der Waals surface area contributed by atoms with Crippen molar-refractivity contribution in [3.8, 4) is 10.9 Å². The standard InChI is InChI=1S/C15H13N5OS/c1-20-18-14(17-19-20)10-6-8-11(9-7-10)21-15-16-12-4-2-3-5-13(12)22-15/h2-9,19H,1H3,(H,17,18). The molecule has 2 aromatic carbocycles. The highest BCUT2D eigenvalue weighted by Crippen LogP contribution is 2.31. The zero-order chi connectivity index (χ0) is 14.9. The van der Waals surface area contributed by atoms with E-state index in [1.165, 1.54) is 11.3 Å². The van der Waals surface area contributed by atoms with Gasteiger partial charge in [0.1, 0.15) is 5.75 Å². The number of thiazole rings is 1. The van der Waals surface area contributed by atoms with E-state index in [1.54, 1.807) is 5.12 Å². The molecule has 0 bridgehead atoms. The Bertz CT molecular complexity index is 810. The van der Waals surface area contributed by atoms with E-state index in [4.69, 9.17) is 4.74 Å². The Kier molecular flexibility index (Phi) is 3.14. The number of rotatable bonds is 3. The van der Waals surface area contributed by atoms with E-state index in [-0.39, 0.29) is 0 Å². The second-order valence-corrected chi connectivity index (χ2v) is 5.80. The van der Waals surface area contributed by atoms with Crippen molar-refractivity contribution in [3.05, 3.63) is 54.1 Å². The van der Waals surface area contributed by atoms with Crippen molar-refractivity contribution in [2.75, 3.05) is 7.05 Å². The molecule has 3 aromatic rings. The number of para-hydroxylation sites is 1. The topological polar surface area (TPSA) is 61.8 Å². The third kappa shape index (κ3) is 2.47. The molecule has 1 aliphatic heterocycles. The molecule has 0 unspecified atom stereocenters. The van der Waals surface area contributed by atoms with Gasteiger partial charge in [-0.2, -0.15) is 0 Å². The molecule has 0 saturated carbocycles. The molecule has 0 fully saturated rings. The second-order valence-electron chi connectivity index (χ2n) is 4.81. The number of nitrogens with one attached hydrogen (secondary N) is 2. The molecule has 7 heteroatoms. The second kappa shape index (κ2) is 5.28. The van der Waals surface area contributed by atoms with Crippen LogP contribution in [0.15, 0.2) is 53.6 Å². The number of aromatic nitrogens is 1. The summed E-state index contributed by atoms with van der Waals surface area (Å²) >= 11 is 1.54. The molecule has 22 heavy (non-hydrogen) atoms. The predicted molar refractivity (Wildman–Crippen MR) is 86.7 cm³/mol. The average Bonchev–Trinajstić information content (AvgIpc) is 3.13. The van der Waals surface area contributed by atoms with Gasteiger partial charge in [0.25, 0.3) is 5.19 Å². The fourth-order valence-electron chi connectivity index (χ4n) is 2.14. The lowest BCUT2D eigenvalue weighted by Crippen LogP contribution is -2.37. The van der Waals surface area contributed by atoms with Gasteiger partial charge in [0.05, 0.1) is 10.2 Å². The number of ether oxygens (including phenoxy) is 1. The molecule has 2 heterocycles. The van der Waals surface area contributed by atoms with Crippen molar-refractivity contribution in [1.82, 2.24) is 21.1 Å². The van der Waals surface area contributed by atoms with Crippen LogP contribution in [0.2, 0.25) is 0 Å². The first kappa shape index (κ1) is 13.1. The first-order valence-electron chi connectivity index (χ1n) is 6.75. The fraction of sp³-hybridized carbons (Fsp3) is 0.0667.